The maximum absolute atomic E-state index is 12.2. The van der Waals surface area contributed by atoms with Crippen LogP contribution >= 0.6 is 0 Å². The number of hydrogen-bond acceptors (Lipinski definition) is 4. The SMILES string of the molecule is CCNC(=O)[C@@H](C)OC(=O)/C=C/c1cn(-c2ccccc2)nc1-c1ccc(C)cc1. The van der Waals surface area contributed by atoms with Crippen LogP contribution in [0, 0.1) is 6.92 Å². The van der Waals surface area contributed by atoms with E-state index in [-0.39, 0.29) is 5.91 Å². The Bertz CT molecular complexity index is 1040. The summed E-state index contributed by atoms with van der Waals surface area (Å²) in [6.45, 7) is 5.86. The summed E-state index contributed by atoms with van der Waals surface area (Å²) < 4.78 is 6.95. The fraction of sp³-hybridized carbons (Fsp3) is 0.208. The van der Waals surface area contributed by atoms with Gasteiger partial charge in [0.25, 0.3) is 5.91 Å². The third kappa shape index (κ3) is 5.23. The first-order chi connectivity index (χ1) is 14.5. The van der Waals surface area contributed by atoms with Gasteiger partial charge in [0.15, 0.2) is 6.10 Å². The Hall–Kier alpha value is -3.67. The first-order valence-corrected chi connectivity index (χ1v) is 9.86. The Morgan fingerprint density at radius 2 is 1.83 bits per heavy atom. The van der Waals surface area contributed by atoms with Gasteiger partial charge in [0, 0.05) is 29.9 Å². The average molecular weight is 403 g/mol. The topological polar surface area (TPSA) is 73.2 Å². The molecule has 0 unspecified atom stereocenters. The maximum Gasteiger partial charge on any atom is 0.331 e. The van der Waals surface area contributed by atoms with Crippen molar-refractivity contribution >= 4 is 18.0 Å². The first-order valence-electron chi connectivity index (χ1n) is 9.86. The zero-order chi connectivity index (χ0) is 21.5. The summed E-state index contributed by atoms with van der Waals surface area (Å²) in [5.41, 5.74) is 4.53. The molecule has 0 saturated heterocycles. The van der Waals surface area contributed by atoms with Crippen molar-refractivity contribution in [2.75, 3.05) is 6.54 Å². The zero-order valence-electron chi connectivity index (χ0n) is 17.3. The predicted molar refractivity (Wildman–Crippen MR) is 117 cm³/mol. The second-order valence-corrected chi connectivity index (χ2v) is 6.89. The van der Waals surface area contributed by atoms with E-state index in [0.29, 0.717) is 6.54 Å². The molecule has 1 N–H and O–H groups in total. The van der Waals surface area contributed by atoms with Crippen molar-refractivity contribution in [1.82, 2.24) is 15.1 Å². The molecule has 2 aromatic carbocycles. The molecule has 0 saturated carbocycles. The normalized spacial score (nSPS) is 12.0. The lowest BCUT2D eigenvalue weighted by atomic mass is 10.1. The van der Waals surface area contributed by atoms with E-state index in [1.165, 1.54) is 6.08 Å². The molecule has 0 aliphatic rings. The van der Waals surface area contributed by atoms with E-state index in [4.69, 9.17) is 9.84 Å². The summed E-state index contributed by atoms with van der Waals surface area (Å²) in [4.78, 5) is 23.9. The summed E-state index contributed by atoms with van der Waals surface area (Å²) >= 11 is 0. The highest BCUT2D eigenvalue weighted by Crippen LogP contribution is 2.25. The Labute approximate surface area is 176 Å². The minimum absolute atomic E-state index is 0.323. The highest BCUT2D eigenvalue weighted by atomic mass is 16.5. The van der Waals surface area contributed by atoms with Crippen LogP contribution in [0.1, 0.15) is 25.0 Å². The van der Waals surface area contributed by atoms with Crippen molar-refractivity contribution in [2.24, 2.45) is 0 Å². The van der Waals surface area contributed by atoms with E-state index in [2.05, 4.69) is 5.32 Å². The number of hydrogen-bond donors (Lipinski definition) is 1. The number of benzene rings is 2. The molecule has 30 heavy (non-hydrogen) atoms. The van der Waals surface area contributed by atoms with Gasteiger partial charge in [-0.1, -0.05) is 48.0 Å². The van der Waals surface area contributed by atoms with Crippen LogP contribution in [-0.2, 0) is 14.3 Å². The number of carbonyl (C=O) groups is 2. The number of esters is 1. The Morgan fingerprint density at radius 1 is 1.13 bits per heavy atom. The third-order valence-electron chi connectivity index (χ3n) is 4.50. The van der Waals surface area contributed by atoms with Crippen LogP contribution in [0.15, 0.2) is 66.9 Å². The van der Waals surface area contributed by atoms with Gasteiger partial charge in [-0.15, -0.1) is 0 Å². The first kappa shape index (κ1) is 21.0. The molecule has 0 spiro atoms. The van der Waals surface area contributed by atoms with E-state index in [1.807, 2.05) is 74.6 Å². The van der Waals surface area contributed by atoms with E-state index < -0.39 is 12.1 Å². The van der Waals surface area contributed by atoms with Gasteiger partial charge in [-0.3, -0.25) is 4.79 Å². The number of aryl methyl sites for hydroxylation is 1. The molecule has 0 aliphatic heterocycles. The highest BCUT2D eigenvalue weighted by Gasteiger charge is 2.16. The molecule has 3 aromatic rings. The molecule has 0 aliphatic carbocycles. The van der Waals surface area contributed by atoms with Crippen LogP contribution in [0.2, 0.25) is 0 Å². The van der Waals surface area contributed by atoms with Gasteiger partial charge in [-0.2, -0.15) is 5.10 Å². The summed E-state index contributed by atoms with van der Waals surface area (Å²) in [6, 6.07) is 17.8. The number of rotatable bonds is 7. The molecule has 0 bridgehead atoms. The number of aromatic nitrogens is 2. The van der Waals surface area contributed by atoms with E-state index in [0.717, 1.165) is 28.1 Å². The smallest absolute Gasteiger partial charge is 0.331 e. The number of nitrogens with one attached hydrogen (secondary N) is 1. The summed E-state index contributed by atoms with van der Waals surface area (Å²) in [7, 11) is 0. The lowest BCUT2D eigenvalue weighted by Gasteiger charge is -2.10. The number of carbonyl (C=O) groups excluding carboxylic acids is 2. The number of ether oxygens (including phenoxy) is 1. The van der Waals surface area contributed by atoms with Crippen LogP contribution in [0.4, 0.5) is 0 Å². The lowest BCUT2D eigenvalue weighted by Crippen LogP contribution is -2.35. The number of likely N-dealkylation sites (N-methyl/N-ethyl adjacent to an activating group) is 1. The van der Waals surface area contributed by atoms with Crippen molar-refractivity contribution in [3.8, 4) is 16.9 Å². The van der Waals surface area contributed by atoms with Crippen molar-refractivity contribution in [2.45, 2.75) is 26.9 Å². The van der Waals surface area contributed by atoms with Crippen LogP contribution in [-0.4, -0.2) is 34.3 Å². The summed E-state index contributed by atoms with van der Waals surface area (Å²) in [5, 5.41) is 7.35. The fourth-order valence-corrected chi connectivity index (χ4v) is 2.90. The largest absolute Gasteiger partial charge is 0.449 e. The molecule has 6 heteroatoms. The second kappa shape index (κ2) is 9.69. The molecular weight excluding hydrogens is 378 g/mol. The standard InChI is InChI=1S/C24H25N3O3/c1-4-25-24(29)18(3)30-22(28)15-14-20-16-27(21-8-6-5-7-9-21)26-23(20)19-12-10-17(2)11-13-19/h5-16,18H,4H2,1-3H3,(H,25,29)/b15-14+/t18-/m1/s1. The molecule has 0 radical (unpaired) electrons. The van der Waals surface area contributed by atoms with Gasteiger partial charge in [-0.05, 0) is 39.0 Å². The molecule has 3 rings (SSSR count). The van der Waals surface area contributed by atoms with Crippen molar-refractivity contribution in [3.05, 3.63) is 78.0 Å². The fourth-order valence-electron chi connectivity index (χ4n) is 2.90. The molecule has 1 amide bonds. The highest BCUT2D eigenvalue weighted by molar-refractivity contribution is 5.91. The Balaban J connectivity index is 1.88. The van der Waals surface area contributed by atoms with Crippen LogP contribution in [0.25, 0.3) is 23.0 Å². The molecule has 1 heterocycles. The van der Waals surface area contributed by atoms with Crippen molar-refractivity contribution < 1.29 is 14.3 Å². The molecule has 1 atom stereocenters. The van der Waals surface area contributed by atoms with Crippen molar-refractivity contribution in [3.63, 3.8) is 0 Å². The Morgan fingerprint density at radius 3 is 2.50 bits per heavy atom. The number of para-hydroxylation sites is 1. The van der Waals surface area contributed by atoms with Gasteiger partial charge < -0.3 is 10.1 Å². The lowest BCUT2D eigenvalue weighted by molar-refractivity contribution is -0.150. The third-order valence-corrected chi connectivity index (χ3v) is 4.50. The van der Waals surface area contributed by atoms with Gasteiger partial charge in [0.05, 0.1) is 11.4 Å². The molecule has 1 aromatic heterocycles. The molecule has 0 fully saturated rings. The minimum Gasteiger partial charge on any atom is -0.449 e. The quantitative estimate of drug-likeness (QED) is 0.479. The van der Waals surface area contributed by atoms with E-state index in [9.17, 15) is 9.59 Å². The number of amides is 1. The predicted octanol–water partition coefficient (Wildman–Crippen LogP) is 3.93. The van der Waals surface area contributed by atoms with Gasteiger partial charge in [0.2, 0.25) is 0 Å². The summed E-state index contributed by atoms with van der Waals surface area (Å²) in [6.07, 6.45) is 3.99. The van der Waals surface area contributed by atoms with Crippen LogP contribution < -0.4 is 5.32 Å². The van der Waals surface area contributed by atoms with Gasteiger partial charge in [0.1, 0.15) is 0 Å². The number of nitrogens with zero attached hydrogens (tertiary/aromatic N) is 2. The molecule has 154 valence electrons. The average Bonchev–Trinajstić information content (AvgIpc) is 3.18. The van der Waals surface area contributed by atoms with Gasteiger partial charge in [-0.25, -0.2) is 9.48 Å². The van der Waals surface area contributed by atoms with Gasteiger partial charge >= 0.3 is 5.97 Å². The Kier molecular flexibility index (Phi) is 6.80. The monoisotopic (exact) mass is 403 g/mol. The van der Waals surface area contributed by atoms with Crippen LogP contribution in [0.3, 0.4) is 0 Å². The minimum atomic E-state index is -0.856. The zero-order valence-corrected chi connectivity index (χ0v) is 17.3. The second-order valence-electron chi connectivity index (χ2n) is 6.89. The summed E-state index contributed by atoms with van der Waals surface area (Å²) in [5.74, 6) is -0.910. The molecule has 6 nitrogen and oxygen atoms in total. The van der Waals surface area contributed by atoms with E-state index in [1.54, 1.807) is 17.7 Å². The molecular formula is C24H25N3O3. The van der Waals surface area contributed by atoms with Crippen molar-refractivity contribution in [1.29, 1.82) is 0 Å². The maximum atomic E-state index is 12.2. The van der Waals surface area contributed by atoms with Crippen LogP contribution in [0.5, 0.6) is 0 Å². The van der Waals surface area contributed by atoms with E-state index >= 15 is 0 Å².